The van der Waals surface area contributed by atoms with Crippen molar-refractivity contribution in [1.82, 2.24) is 4.72 Å². The average Bonchev–Trinajstić information content (AvgIpc) is 2.66. The highest BCUT2D eigenvalue weighted by atomic mass is 32.2. The summed E-state index contributed by atoms with van der Waals surface area (Å²) in [5.74, 6) is -0.635. The van der Waals surface area contributed by atoms with E-state index < -0.39 is 20.9 Å². The number of benzene rings is 2. The number of carbonyl (C=O) groups is 1. The van der Waals surface area contributed by atoms with E-state index in [9.17, 15) is 23.3 Å². The molecule has 0 aliphatic carbocycles. The van der Waals surface area contributed by atoms with Crippen molar-refractivity contribution in [3.63, 3.8) is 0 Å². The van der Waals surface area contributed by atoms with Crippen LogP contribution in [0.2, 0.25) is 0 Å². The van der Waals surface area contributed by atoms with Crippen LogP contribution < -0.4 is 4.72 Å². The second-order valence-corrected chi connectivity index (χ2v) is 7.18. The molecule has 2 aromatic rings. The molecule has 27 heavy (non-hydrogen) atoms. The zero-order valence-electron chi connectivity index (χ0n) is 14.5. The van der Waals surface area contributed by atoms with Crippen molar-refractivity contribution < 1.29 is 27.6 Å². The number of ether oxygens (including phenoxy) is 2. The first-order chi connectivity index (χ1) is 12.8. The van der Waals surface area contributed by atoms with Gasteiger partial charge in [0.25, 0.3) is 5.69 Å². The Labute approximate surface area is 156 Å². The molecular weight excluding hydrogens is 376 g/mol. The molecule has 0 saturated heterocycles. The molecule has 2 rings (SSSR count). The number of rotatable bonds is 9. The Morgan fingerprint density at radius 2 is 1.74 bits per heavy atom. The van der Waals surface area contributed by atoms with Crippen LogP contribution in [0.15, 0.2) is 53.4 Å². The van der Waals surface area contributed by atoms with Crippen molar-refractivity contribution in [1.29, 1.82) is 0 Å². The molecule has 0 aliphatic heterocycles. The molecule has 0 radical (unpaired) electrons. The van der Waals surface area contributed by atoms with Crippen molar-refractivity contribution in [2.75, 3.05) is 20.3 Å². The first-order valence-electron chi connectivity index (χ1n) is 7.82. The number of carbonyl (C=O) groups excluding carboxylic acids is 1. The van der Waals surface area contributed by atoms with Gasteiger partial charge in [0.15, 0.2) is 0 Å². The molecule has 0 amide bonds. The largest absolute Gasteiger partial charge is 0.457 e. The summed E-state index contributed by atoms with van der Waals surface area (Å²) in [5.41, 5.74) is 0.726. The third-order valence-corrected chi connectivity index (χ3v) is 4.99. The van der Waals surface area contributed by atoms with Crippen LogP contribution >= 0.6 is 0 Å². The van der Waals surface area contributed by atoms with Crippen molar-refractivity contribution in [2.24, 2.45) is 0 Å². The molecule has 0 unspecified atom stereocenters. The molecule has 0 bridgehead atoms. The molecule has 0 aromatic heterocycles. The maximum atomic E-state index is 12.1. The van der Waals surface area contributed by atoms with Crippen molar-refractivity contribution >= 4 is 21.7 Å². The van der Waals surface area contributed by atoms with E-state index in [0.717, 1.165) is 0 Å². The van der Waals surface area contributed by atoms with E-state index >= 15 is 0 Å². The Morgan fingerprint density at radius 3 is 2.30 bits per heavy atom. The van der Waals surface area contributed by atoms with Gasteiger partial charge < -0.3 is 9.47 Å². The smallest absolute Gasteiger partial charge is 0.338 e. The van der Waals surface area contributed by atoms with Crippen molar-refractivity contribution in [3.8, 4) is 0 Å². The lowest BCUT2D eigenvalue weighted by Crippen LogP contribution is -2.27. The van der Waals surface area contributed by atoms with E-state index in [1.807, 2.05) is 0 Å². The Hall–Kier alpha value is -2.82. The van der Waals surface area contributed by atoms with Gasteiger partial charge in [-0.25, -0.2) is 17.9 Å². The number of methoxy groups -OCH3 is 1. The van der Waals surface area contributed by atoms with Crippen LogP contribution in [0, 0.1) is 10.1 Å². The fourth-order valence-electron chi connectivity index (χ4n) is 2.08. The first kappa shape index (κ1) is 20.5. The van der Waals surface area contributed by atoms with Crippen LogP contribution in [0.25, 0.3) is 0 Å². The number of esters is 1. The summed E-state index contributed by atoms with van der Waals surface area (Å²) in [7, 11) is -2.21. The molecule has 9 nitrogen and oxygen atoms in total. The second kappa shape index (κ2) is 9.21. The van der Waals surface area contributed by atoms with Gasteiger partial charge in [0.2, 0.25) is 10.0 Å². The van der Waals surface area contributed by atoms with Crippen LogP contribution in [-0.2, 0) is 26.1 Å². The van der Waals surface area contributed by atoms with Gasteiger partial charge in [0.05, 0.1) is 22.0 Å². The minimum atomic E-state index is -3.68. The Bertz CT molecular complexity index is 894. The summed E-state index contributed by atoms with van der Waals surface area (Å²) in [6, 6.07) is 10.9. The van der Waals surface area contributed by atoms with E-state index in [-0.39, 0.29) is 35.9 Å². The zero-order chi connectivity index (χ0) is 19.9. The van der Waals surface area contributed by atoms with Gasteiger partial charge in [-0.05, 0) is 42.0 Å². The molecule has 144 valence electrons. The highest BCUT2D eigenvalue weighted by molar-refractivity contribution is 7.89. The first-order valence-corrected chi connectivity index (χ1v) is 9.31. The predicted octanol–water partition coefficient (Wildman–Crippen LogP) is 1.88. The standard InChI is InChI=1S/C17H18N2O7S/c1-25-11-10-18-27(23,24)16-8-4-14(5-9-16)17(20)26-12-13-2-6-15(7-3-13)19(21)22/h2-9,18H,10-12H2,1H3. The topological polar surface area (TPSA) is 125 Å². The van der Waals surface area contributed by atoms with Gasteiger partial charge >= 0.3 is 5.97 Å². The van der Waals surface area contributed by atoms with Crippen molar-refractivity contribution in [3.05, 3.63) is 69.8 Å². The van der Waals surface area contributed by atoms with Crippen LogP contribution in [0.3, 0.4) is 0 Å². The van der Waals surface area contributed by atoms with Crippen LogP contribution in [0.5, 0.6) is 0 Å². The van der Waals surface area contributed by atoms with Gasteiger partial charge in [-0.1, -0.05) is 0 Å². The maximum absolute atomic E-state index is 12.1. The summed E-state index contributed by atoms with van der Waals surface area (Å²) in [6.45, 7) is 0.319. The second-order valence-electron chi connectivity index (χ2n) is 5.41. The highest BCUT2D eigenvalue weighted by Gasteiger charge is 2.15. The lowest BCUT2D eigenvalue weighted by Gasteiger charge is -2.08. The van der Waals surface area contributed by atoms with Gasteiger partial charge in [-0.3, -0.25) is 10.1 Å². The van der Waals surface area contributed by atoms with Gasteiger partial charge in [0.1, 0.15) is 6.61 Å². The van der Waals surface area contributed by atoms with Crippen molar-refractivity contribution in [2.45, 2.75) is 11.5 Å². The number of hydrogen-bond acceptors (Lipinski definition) is 7. The molecule has 0 spiro atoms. The molecule has 0 fully saturated rings. The molecule has 10 heteroatoms. The minimum absolute atomic E-state index is 0.0190. The number of nitro groups is 1. The molecular formula is C17H18N2O7S. The Kier molecular flexibility index (Phi) is 6.99. The zero-order valence-corrected chi connectivity index (χ0v) is 15.3. The van der Waals surface area contributed by atoms with Gasteiger partial charge in [-0.15, -0.1) is 0 Å². The average molecular weight is 394 g/mol. The maximum Gasteiger partial charge on any atom is 0.338 e. The molecule has 0 aliphatic rings. The lowest BCUT2D eigenvalue weighted by atomic mass is 10.2. The van der Waals surface area contributed by atoms with E-state index in [2.05, 4.69) is 4.72 Å². The number of nitro benzene ring substituents is 1. The summed E-state index contributed by atoms with van der Waals surface area (Å²) in [4.78, 5) is 22.2. The molecule has 0 atom stereocenters. The minimum Gasteiger partial charge on any atom is -0.457 e. The summed E-state index contributed by atoms with van der Waals surface area (Å²) >= 11 is 0. The van der Waals surface area contributed by atoms with E-state index in [1.165, 1.54) is 55.6 Å². The van der Waals surface area contributed by atoms with Gasteiger partial charge in [0, 0.05) is 25.8 Å². The lowest BCUT2D eigenvalue weighted by molar-refractivity contribution is -0.384. The number of non-ortho nitro benzene ring substituents is 1. The Balaban J connectivity index is 1.96. The molecule has 0 saturated carbocycles. The highest BCUT2D eigenvalue weighted by Crippen LogP contribution is 2.14. The third-order valence-electron chi connectivity index (χ3n) is 3.52. The number of hydrogen-bond donors (Lipinski definition) is 1. The quantitative estimate of drug-likeness (QED) is 0.298. The summed E-state index contributed by atoms with van der Waals surface area (Å²) in [6.07, 6.45) is 0. The van der Waals surface area contributed by atoms with E-state index in [4.69, 9.17) is 9.47 Å². The Morgan fingerprint density at radius 1 is 1.11 bits per heavy atom. The SMILES string of the molecule is COCCNS(=O)(=O)c1ccc(C(=O)OCc2ccc([N+](=O)[O-])cc2)cc1. The molecule has 2 aromatic carbocycles. The number of nitrogens with zero attached hydrogens (tertiary/aromatic N) is 1. The fraction of sp³-hybridized carbons (Fsp3) is 0.235. The number of nitrogens with one attached hydrogen (secondary N) is 1. The van der Waals surface area contributed by atoms with Crippen LogP contribution in [0.1, 0.15) is 15.9 Å². The third kappa shape index (κ3) is 5.84. The predicted molar refractivity (Wildman–Crippen MR) is 95.7 cm³/mol. The van der Waals surface area contributed by atoms with Crippen LogP contribution in [-0.4, -0.2) is 39.6 Å². The van der Waals surface area contributed by atoms with E-state index in [0.29, 0.717) is 5.56 Å². The number of sulfonamides is 1. The summed E-state index contributed by atoms with van der Waals surface area (Å²) < 4.78 is 36.4. The van der Waals surface area contributed by atoms with E-state index in [1.54, 1.807) is 0 Å². The normalized spacial score (nSPS) is 11.1. The molecule has 1 N–H and O–H groups in total. The van der Waals surface area contributed by atoms with Crippen LogP contribution in [0.4, 0.5) is 5.69 Å². The van der Waals surface area contributed by atoms with Gasteiger partial charge in [-0.2, -0.15) is 0 Å². The summed E-state index contributed by atoms with van der Waals surface area (Å²) in [5, 5.41) is 10.6. The monoisotopic (exact) mass is 394 g/mol. The molecule has 0 heterocycles. The fourth-order valence-corrected chi connectivity index (χ4v) is 3.09.